The van der Waals surface area contributed by atoms with Gasteiger partial charge in [-0.1, -0.05) is 19.3 Å². The molecule has 1 atom stereocenters. The van der Waals surface area contributed by atoms with E-state index >= 15 is 0 Å². The molecule has 0 aliphatic heterocycles. The number of likely N-dealkylation sites (N-methyl/N-ethyl adjacent to an activating group) is 1. The molecule has 2 saturated carbocycles. The van der Waals surface area contributed by atoms with E-state index in [0.717, 1.165) is 24.9 Å². The zero-order valence-electron chi connectivity index (χ0n) is 9.50. The van der Waals surface area contributed by atoms with Crippen molar-refractivity contribution in [2.24, 2.45) is 11.8 Å². The quantitative estimate of drug-likeness (QED) is 0.726. The first-order valence-electron chi connectivity index (χ1n) is 6.12. The van der Waals surface area contributed by atoms with Crippen LogP contribution in [0.3, 0.4) is 0 Å². The third kappa shape index (κ3) is 3.20. The highest BCUT2D eigenvalue weighted by atomic mass is 16.5. The molecular formula is C12H21NO2. The lowest BCUT2D eigenvalue weighted by Gasteiger charge is -2.28. The van der Waals surface area contributed by atoms with Crippen molar-refractivity contribution in [3.8, 4) is 0 Å². The Hall–Kier alpha value is -0.570. The summed E-state index contributed by atoms with van der Waals surface area (Å²) in [6.07, 6.45) is 7.18. The number of rotatable bonds is 6. The number of hydrogen-bond acceptors (Lipinski definition) is 2. The van der Waals surface area contributed by atoms with Gasteiger partial charge in [0, 0.05) is 7.05 Å². The molecule has 2 aliphatic carbocycles. The Morgan fingerprint density at radius 1 is 1.33 bits per heavy atom. The molecule has 0 radical (unpaired) electrons. The Kier molecular flexibility index (Phi) is 3.62. The van der Waals surface area contributed by atoms with E-state index in [1.54, 1.807) is 7.05 Å². The number of carbonyl (C=O) groups excluding carboxylic acids is 1. The standard InChI is InChI=1S/C12H21NO2/c1-13-12(14)11(7-9-3-2-4-9)15-8-10-5-6-10/h9-11H,2-8H2,1H3,(H,13,14). The topological polar surface area (TPSA) is 38.3 Å². The lowest BCUT2D eigenvalue weighted by atomic mass is 9.81. The summed E-state index contributed by atoms with van der Waals surface area (Å²) in [5.41, 5.74) is 0. The van der Waals surface area contributed by atoms with Crippen molar-refractivity contribution >= 4 is 5.91 Å². The minimum atomic E-state index is -0.194. The van der Waals surface area contributed by atoms with Crippen LogP contribution in [0.2, 0.25) is 0 Å². The van der Waals surface area contributed by atoms with Crippen molar-refractivity contribution < 1.29 is 9.53 Å². The van der Waals surface area contributed by atoms with Gasteiger partial charge in [-0.3, -0.25) is 4.79 Å². The highest BCUT2D eigenvalue weighted by molar-refractivity contribution is 5.80. The van der Waals surface area contributed by atoms with E-state index in [-0.39, 0.29) is 12.0 Å². The van der Waals surface area contributed by atoms with Crippen molar-refractivity contribution in [2.75, 3.05) is 13.7 Å². The summed E-state index contributed by atoms with van der Waals surface area (Å²) < 4.78 is 5.71. The predicted molar refractivity (Wildman–Crippen MR) is 58.5 cm³/mol. The third-order valence-corrected chi connectivity index (χ3v) is 3.54. The molecule has 0 spiro atoms. The van der Waals surface area contributed by atoms with Gasteiger partial charge >= 0.3 is 0 Å². The fraction of sp³-hybridized carbons (Fsp3) is 0.917. The maximum Gasteiger partial charge on any atom is 0.248 e. The number of amides is 1. The van der Waals surface area contributed by atoms with E-state index in [9.17, 15) is 4.79 Å². The van der Waals surface area contributed by atoms with Gasteiger partial charge in [0.15, 0.2) is 0 Å². The van der Waals surface area contributed by atoms with Crippen LogP contribution in [0.25, 0.3) is 0 Å². The molecule has 1 unspecified atom stereocenters. The molecule has 2 aliphatic rings. The van der Waals surface area contributed by atoms with E-state index < -0.39 is 0 Å². The van der Waals surface area contributed by atoms with E-state index in [2.05, 4.69) is 5.32 Å². The average molecular weight is 211 g/mol. The zero-order chi connectivity index (χ0) is 10.7. The SMILES string of the molecule is CNC(=O)C(CC1CCC1)OCC1CC1. The summed E-state index contributed by atoms with van der Waals surface area (Å²) in [4.78, 5) is 11.6. The largest absolute Gasteiger partial charge is 0.368 e. The average Bonchev–Trinajstić information content (AvgIpc) is 2.98. The molecule has 3 heteroatoms. The van der Waals surface area contributed by atoms with Crippen LogP contribution in [0, 0.1) is 11.8 Å². The normalized spacial score (nSPS) is 23.3. The molecule has 1 amide bonds. The van der Waals surface area contributed by atoms with Crippen LogP contribution in [-0.4, -0.2) is 25.7 Å². The molecule has 3 nitrogen and oxygen atoms in total. The molecule has 2 rings (SSSR count). The summed E-state index contributed by atoms with van der Waals surface area (Å²) >= 11 is 0. The first kappa shape index (κ1) is 10.9. The van der Waals surface area contributed by atoms with Gasteiger partial charge in [0.1, 0.15) is 6.10 Å². The van der Waals surface area contributed by atoms with Crippen LogP contribution < -0.4 is 5.32 Å². The Balaban J connectivity index is 1.74. The number of ether oxygens (including phenoxy) is 1. The van der Waals surface area contributed by atoms with Crippen LogP contribution >= 0.6 is 0 Å². The van der Waals surface area contributed by atoms with Gasteiger partial charge in [-0.05, 0) is 31.1 Å². The van der Waals surface area contributed by atoms with E-state index in [0.29, 0.717) is 0 Å². The molecule has 0 bridgehead atoms. The van der Waals surface area contributed by atoms with Crippen LogP contribution in [0.1, 0.15) is 38.5 Å². The first-order valence-corrected chi connectivity index (χ1v) is 6.12. The molecule has 0 aromatic rings. The summed E-state index contributed by atoms with van der Waals surface area (Å²) in [5.74, 6) is 1.52. The Morgan fingerprint density at radius 2 is 2.07 bits per heavy atom. The molecule has 2 fully saturated rings. The second-order valence-corrected chi connectivity index (χ2v) is 4.91. The zero-order valence-corrected chi connectivity index (χ0v) is 9.50. The van der Waals surface area contributed by atoms with Crippen molar-refractivity contribution in [3.05, 3.63) is 0 Å². The molecule has 15 heavy (non-hydrogen) atoms. The third-order valence-electron chi connectivity index (χ3n) is 3.54. The second kappa shape index (κ2) is 4.97. The van der Waals surface area contributed by atoms with Gasteiger partial charge in [0.05, 0.1) is 6.61 Å². The highest BCUT2D eigenvalue weighted by Gasteiger charge is 2.29. The molecule has 1 N–H and O–H groups in total. The van der Waals surface area contributed by atoms with Gasteiger partial charge in [-0.2, -0.15) is 0 Å². The van der Waals surface area contributed by atoms with E-state index in [4.69, 9.17) is 4.74 Å². The number of nitrogens with one attached hydrogen (secondary N) is 1. The summed E-state index contributed by atoms with van der Waals surface area (Å²) in [6, 6.07) is 0. The number of carbonyl (C=O) groups is 1. The summed E-state index contributed by atoms with van der Waals surface area (Å²) in [6.45, 7) is 0.783. The Morgan fingerprint density at radius 3 is 2.53 bits per heavy atom. The fourth-order valence-electron chi connectivity index (χ4n) is 1.98. The van der Waals surface area contributed by atoms with Gasteiger partial charge in [-0.15, -0.1) is 0 Å². The minimum Gasteiger partial charge on any atom is -0.368 e. The molecule has 0 saturated heterocycles. The van der Waals surface area contributed by atoms with Gasteiger partial charge in [0.2, 0.25) is 5.91 Å². The van der Waals surface area contributed by atoms with Crippen LogP contribution in [0.15, 0.2) is 0 Å². The fourth-order valence-corrected chi connectivity index (χ4v) is 1.98. The first-order chi connectivity index (χ1) is 7.29. The van der Waals surface area contributed by atoms with E-state index in [1.165, 1.54) is 32.1 Å². The Labute approximate surface area is 91.6 Å². The van der Waals surface area contributed by atoms with Crippen molar-refractivity contribution in [2.45, 2.75) is 44.6 Å². The number of hydrogen-bond donors (Lipinski definition) is 1. The molecule has 0 heterocycles. The molecular weight excluding hydrogens is 190 g/mol. The predicted octanol–water partition coefficient (Wildman–Crippen LogP) is 1.72. The van der Waals surface area contributed by atoms with Crippen molar-refractivity contribution in [1.29, 1.82) is 0 Å². The van der Waals surface area contributed by atoms with Crippen LogP contribution in [-0.2, 0) is 9.53 Å². The maximum atomic E-state index is 11.6. The lowest BCUT2D eigenvalue weighted by molar-refractivity contribution is -0.134. The van der Waals surface area contributed by atoms with Crippen molar-refractivity contribution in [1.82, 2.24) is 5.32 Å². The summed E-state index contributed by atoms with van der Waals surface area (Å²) in [7, 11) is 1.69. The van der Waals surface area contributed by atoms with Crippen LogP contribution in [0.5, 0.6) is 0 Å². The monoisotopic (exact) mass is 211 g/mol. The lowest BCUT2D eigenvalue weighted by Crippen LogP contribution is -2.37. The smallest absolute Gasteiger partial charge is 0.248 e. The van der Waals surface area contributed by atoms with Crippen molar-refractivity contribution in [3.63, 3.8) is 0 Å². The summed E-state index contributed by atoms with van der Waals surface area (Å²) in [5, 5.41) is 2.70. The highest BCUT2D eigenvalue weighted by Crippen LogP contribution is 2.33. The van der Waals surface area contributed by atoms with Gasteiger partial charge < -0.3 is 10.1 Å². The molecule has 86 valence electrons. The van der Waals surface area contributed by atoms with E-state index in [1.807, 2.05) is 0 Å². The Bertz CT molecular complexity index is 222. The second-order valence-electron chi connectivity index (χ2n) is 4.91. The maximum absolute atomic E-state index is 11.6. The molecule has 0 aromatic heterocycles. The van der Waals surface area contributed by atoms with Gasteiger partial charge in [0.25, 0.3) is 0 Å². The molecule has 0 aromatic carbocycles. The minimum absolute atomic E-state index is 0.0579. The van der Waals surface area contributed by atoms with Gasteiger partial charge in [-0.25, -0.2) is 0 Å². The van der Waals surface area contributed by atoms with Crippen LogP contribution in [0.4, 0.5) is 0 Å².